The number of anilines is 2. The van der Waals surface area contributed by atoms with Crippen LogP contribution >= 0.6 is 0 Å². The van der Waals surface area contributed by atoms with Crippen LogP contribution in [0.5, 0.6) is 0 Å². The van der Waals surface area contributed by atoms with Crippen molar-refractivity contribution in [2.24, 2.45) is 5.92 Å². The van der Waals surface area contributed by atoms with E-state index in [1.165, 1.54) is 35.5 Å². The number of rotatable bonds is 7. The zero-order chi connectivity index (χ0) is 17.6. The minimum Gasteiger partial charge on any atom is -0.341 e. The molecule has 134 valence electrons. The SMILES string of the molecule is CCN(CC)CCC(C)CN1c2ccccc2CCc2ccccc21. The number of aryl methyl sites for hydroxylation is 2. The second kappa shape index (κ2) is 8.53. The number of nitrogens with zero attached hydrogens (tertiary/aromatic N) is 2. The summed E-state index contributed by atoms with van der Waals surface area (Å²) in [5, 5.41) is 0. The molecule has 0 amide bonds. The van der Waals surface area contributed by atoms with Gasteiger partial charge < -0.3 is 9.80 Å². The standard InChI is InChI=1S/C23H32N2/c1-4-24(5-2)17-16-19(3)18-25-22-12-8-6-10-20(22)14-15-21-11-7-9-13-23(21)25/h6-13,19H,4-5,14-18H2,1-3H3. The van der Waals surface area contributed by atoms with E-state index in [2.05, 4.69) is 79.1 Å². The number of benzene rings is 2. The topological polar surface area (TPSA) is 6.48 Å². The fourth-order valence-corrected chi connectivity index (χ4v) is 3.91. The molecule has 3 rings (SSSR count). The van der Waals surface area contributed by atoms with Crippen LogP contribution in [0.15, 0.2) is 48.5 Å². The van der Waals surface area contributed by atoms with Gasteiger partial charge in [0, 0.05) is 17.9 Å². The fourth-order valence-electron chi connectivity index (χ4n) is 3.91. The number of hydrogen-bond donors (Lipinski definition) is 0. The molecule has 0 bridgehead atoms. The van der Waals surface area contributed by atoms with Crippen LogP contribution in [0.1, 0.15) is 38.3 Å². The number of hydrogen-bond acceptors (Lipinski definition) is 2. The Morgan fingerprint density at radius 1 is 0.880 bits per heavy atom. The molecule has 2 heteroatoms. The molecule has 25 heavy (non-hydrogen) atoms. The molecule has 0 aromatic heterocycles. The molecule has 1 unspecified atom stereocenters. The first-order valence-corrected chi connectivity index (χ1v) is 9.88. The lowest BCUT2D eigenvalue weighted by Crippen LogP contribution is -2.29. The van der Waals surface area contributed by atoms with Gasteiger partial charge >= 0.3 is 0 Å². The van der Waals surface area contributed by atoms with E-state index in [4.69, 9.17) is 0 Å². The highest BCUT2D eigenvalue weighted by Crippen LogP contribution is 2.36. The van der Waals surface area contributed by atoms with Crippen LogP contribution in [0.25, 0.3) is 0 Å². The molecule has 1 atom stereocenters. The van der Waals surface area contributed by atoms with Crippen LogP contribution in [0.4, 0.5) is 11.4 Å². The summed E-state index contributed by atoms with van der Waals surface area (Å²) in [6.07, 6.45) is 3.53. The molecular formula is C23H32N2. The van der Waals surface area contributed by atoms with Gasteiger partial charge in [-0.3, -0.25) is 0 Å². The Morgan fingerprint density at radius 3 is 1.92 bits per heavy atom. The molecule has 0 fully saturated rings. The highest BCUT2D eigenvalue weighted by Gasteiger charge is 2.21. The third-order valence-corrected chi connectivity index (χ3v) is 5.56. The Kier molecular flexibility index (Phi) is 6.14. The Bertz CT molecular complexity index is 628. The minimum atomic E-state index is 0.666. The second-order valence-corrected chi connectivity index (χ2v) is 7.29. The Balaban J connectivity index is 1.82. The predicted molar refractivity (Wildman–Crippen MR) is 109 cm³/mol. The van der Waals surface area contributed by atoms with Crippen molar-refractivity contribution in [3.63, 3.8) is 0 Å². The van der Waals surface area contributed by atoms with Crippen LogP contribution in [-0.2, 0) is 12.8 Å². The van der Waals surface area contributed by atoms with Gasteiger partial charge in [-0.1, -0.05) is 57.2 Å². The van der Waals surface area contributed by atoms with Crippen LogP contribution in [0, 0.1) is 5.92 Å². The lowest BCUT2D eigenvalue weighted by Gasteiger charge is -2.30. The number of fused-ring (bicyclic) bond motifs is 2. The molecule has 1 aliphatic heterocycles. The van der Waals surface area contributed by atoms with Gasteiger partial charge in [0.25, 0.3) is 0 Å². The van der Waals surface area contributed by atoms with Gasteiger partial charge in [0.2, 0.25) is 0 Å². The van der Waals surface area contributed by atoms with E-state index in [0.29, 0.717) is 5.92 Å². The van der Waals surface area contributed by atoms with Crippen molar-refractivity contribution < 1.29 is 0 Å². The molecule has 2 aromatic rings. The highest BCUT2D eigenvalue weighted by atomic mass is 15.1. The lowest BCUT2D eigenvalue weighted by atomic mass is 10.0. The van der Waals surface area contributed by atoms with Crippen LogP contribution in [0.3, 0.4) is 0 Å². The van der Waals surface area contributed by atoms with E-state index in [0.717, 1.165) is 32.5 Å². The van der Waals surface area contributed by atoms with E-state index in [-0.39, 0.29) is 0 Å². The van der Waals surface area contributed by atoms with E-state index in [1.807, 2.05) is 0 Å². The van der Waals surface area contributed by atoms with Gasteiger partial charge in [0.05, 0.1) is 0 Å². The average Bonchev–Trinajstić information content (AvgIpc) is 2.80. The second-order valence-electron chi connectivity index (χ2n) is 7.29. The summed E-state index contributed by atoms with van der Waals surface area (Å²) < 4.78 is 0. The Morgan fingerprint density at radius 2 is 1.40 bits per heavy atom. The first-order chi connectivity index (χ1) is 12.2. The molecule has 1 aliphatic rings. The summed E-state index contributed by atoms with van der Waals surface area (Å²) in [4.78, 5) is 5.10. The summed E-state index contributed by atoms with van der Waals surface area (Å²) in [5.41, 5.74) is 5.77. The normalized spacial score (nSPS) is 14.8. The zero-order valence-electron chi connectivity index (χ0n) is 16.0. The third kappa shape index (κ3) is 4.24. The molecule has 0 saturated heterocycles. The maximum absolute atomic E-state index is 2.57. The van der Waals surface area contributed by atoms with Gasteiger partial charge in [0.15, 0.2) is 0 Å². The van der Waals surface area contributed by atoms with E-state index in [1.54, 1.807) is 0 Å². The molecule has 0 saturated carbocycles. The molecule has 0 aliphatic carbocycles. The summed E-state index contributed by atoms with van der Waals surface area (Å²) in [6.45, 7) is 11.5. The zero-order valence-corrected chi connectivity index (χ0v) is 16.0. The first kappa shape index (κ1) is 18.0. The molecular weight excluding hydrogens is 304 g/mol. The highest BCUT2D eigenvalue weighted by molar-refractivity contribution is 5.71. The summed E-state index contributed by atoms with van der Waals surface area (Å²) >= 11 is 0. The van der Waals surface area contributed by atoms with Crippen molar-refractivity contribution in [1.82, 2.24) is 4.90 Å². The largest absolute Gasteiger partial charge is 0.341 e. The van der Waals surface area contributed by atoms with Gasteiger partial charge in [-0.25, -0.2) is 0 Å². The van der Waals surface area contributed by atoms with E-state index < -0.39 is 0 Å². The average molecular weight is 337 g/mol. The summed E-state index contributed by atoms with van der Waals surface area (Å²) in [6, 6.07) is 17.9. The van der Waals surface area contributed by atoms with Crippen molar-refractivity contribution in [2.75, 3.05) is 31.1 Å². The summed E-state index contributed by atoms with van der Waals surface area (Å²) in [7, 11) is 0. The minimum absolute atomic E-state index is 0.666. The maximum atomic E-state index is 2.57. The monoisotopic (exact) mass is 336 g/mol. The van der Waals surface area contributed by atoms with Crippen LogP contribution in [-0.4, -0.2) is 31.1 Å². The van der Waals surface area contributed by atoms with Crippen molar-refractivity contribution in [2.45, 2.75) is 40.0 Å². The molecule has 0 spiro atoms. The smallest absolute Gasteiger partial charge is 0.0443 e. The Hall–Kier alpha value is -1.80. The van der Waals surface area contributed by atoms with E-state index >= 15 is 0 Å². The quantitative estimate of drug-likeness (QED) is 0.678. The van der Waals surface area contributed by atoms with Crippen molar-refractivity contribution >= 4 is 11.4 Å². The maximum Gasteiger partial charge on any atom is 0.0443 e. The molecule has 1 heterocycles. The predicted octanol–water partition coefficient (Wildman–Crippen LogP) is 5.29. The molecule has 2 nitrogen and oxygen atoms in total. The van der Waals surface area contributed by atoms with Gasteiger partial charge in [-0.05, 0) is 68.1 Å². The third-order valence-electron chi connectivity index (χ3n) is 5.56. The van der Waals surface area contributed by atoms with Gasteiger partial charge in [-0.2, -0.15) is 0 Å². The van der Waals surface area contributed by atoms with Gasteiger partial charge in [0.1, 0.15) is 0 Å². The fraction of sp³-hybridized carbons (Fsp3) is 0.478. The summed E-state index contributed by atoms with van der Waals surface area (Å²) in [5.74, 6) is 0.666. The Labute approximate surface area is 153 Å². The first-order valence-electron chi connectivity index (χ1n) is 9.88. The van der Waals surface area contributed by atoms with E-state index in [9.17, 15) is 0 Å². The molecule has 2 aromatic carbocycles. The lowest BCUT2D eigenvalue weighted by molar-refractivity contribution is 0.281. The van der Waals surface area contributed by atoms with Crippen molar-refractivity contribution in [3.8, 4) is 0 Å². The van der Waals surface area contributed by atoms with Crippen molar-refractivity contribution in [1.29, 1.82) is 0 Å². The van der Waals surface area contributed by atoms with Crippen LogP contribution in [0.2, 0.25) is 0 Å². The number of para-hydroxylation sites is 2. The van der Waals surface area contributed by atoms with Crippen molar-refractivity contribution in [3.05, 3.63) is 59.7 Å². The molecule has 0 N–H and O–H groups in total. The van der Waals surface area contributed by atoms with Crippen LogP contribution < -0.4 is 4.90 Å². The van der Waals surface area contributed by atoms with Gasteiger partial charge in [-0.15, -0.1) is 0 Å². The molecule has 0 radical (unpaired) electrons.